The summed E-state index contributed by atoms with van der Waals surface area (Å²) in [6, 6.07) is 0.439. The fraction of sp³-hybridized carbons (Fsp3) is 0.923. The van der Waals surface area contributed by atoms with Gasteiger partial charge in [0.25, 0.3) is 0 Å². The van der Waals surface area contributed by atoms with Crippen molar-refractivity contribution in [3.05, 3.63) is 0 Å². The van der Waals surface area contributed by atoms with E-state index in [0.717, 1.165) is 25.9 Å². The summed E-state index contributed by atoms with van der Waals surface area (Å²) in [6.07, 6.45) is 5.68. The molecule has 17 heavy (non-hydrogen) atoms. The third-order valence-electron chi connectivity index (χ3n) is 4.27. The predicted octanol–water partition coefficient (Wildman–Crippen LogP) is 1.41. The number of hydrogen-bond acceptors (Lipinski definition) is 3. The highest BCUT2D eigenvalue weighted by Crippen LogP contribution is 2.22. The highest BCUT2D eigenvalue weighted by molar-refractivity contribution is 5.73. The second-order valence-electron chi connectivity index (χ2n) is 5.27. The minimum absolute atomic E-state index is 0.269. The average molecular weight is 240 g/mol. The van der Waals surface area contributed by atoms with E-state index in [-0.39, 0.29) is 6.04 Å². The maximum absolute atomic E-state index is 11.1. The first-order valence-electron chi connectivity index (χ1n) is 6.93. The Bertz CT molecular complexity index is 256. The molecule has 0 aliphatic carbocycles. The van der Waals surface area contributed by atoms with Crippen molar-refractivity contribution in [1.82, 2.24) is 9.80 Å². The van der Waals surface area contributed by atoms with Gasteiger partial charge in [-0.2, -0.15) is 0 Å². The van der Waals surface area contributed by atoms with Crippen molar-refractivity contribution in [2.75, 3.05) is 26.2 Å². The first-order valence-corrected chi connectivity index (χ1v) is 6.93. The van der Waals surface area contributed by atoms with Crippen LogP contribution >= 0.6 is 0 Å². The average Bonchev–Trinajstić information content (AvgIpc) is 2.84. The SMILES string of the molecule is CCC(C(=O)O)N1CCC(N2CCCC2)CC1. The van der Waals surface area contributed by atoms with Crippen molar-refractivity contribution in [2.24, 2.45) is 0 Å². The monoisotopic (exact) mass is 240 g/mol. The lowest BCUT2D eigenvalue weighted by atomic mass is 10.0. The van der Waals surface area contributed by atoms with Gasteiger partial charge in [-0.05, 0) is 45.2 Å². The molecule has 0 spiro atoms. The van der Waals surface area contributed by atoms with Gasteiger partial charge in [-0.3, -0.25) is 9.69 Å². The van der Waals surface area contributed by atoms with E-state index in [1.807, 2.05) is 6.92 Å². The molecule has 0 radical (unpaired) electrons. The van der Waals surface area contributed by atoms with Crippen LogP contribution in [0.3, 0.4) is 0 Å². The highest BCUT2D eigenvalue weighted by atomic mass is 16.4. The van der Waals surface area contributed by atoms with E-state index >= 15 is 0 Å². The van der Waals surface area contributed by atoms with Gasteiger partial charge in [0.1, 0.15) is 6.04 Å². The molecular weight excluding hydrogens is 216 g/mol. The van der Waals surface area contributed by atoms with Crippen LogP contribution in [0.1, 0.15) is 39.0 Å². The molecular formula is C13H24N2O2. The molecule has 1 atom stereocenters. The molecule has 0 saturated carbocycles. The minimum Gasteiger partial charge on any atom is -0.480 e. The summed E-state index contributed by atoms with van der Waals surface area (Å²) in [5.74, 6) is -0.660. The van der Waals surface area contributed by atoms with E-state index in [9.17, 15) is 4.79 Å². The zero-order valence-corrected chi connectivity index (χ0v) is 10.8. The normalized spacial score (nSPS) is 26.2. The summed E-state index contributed by atoms with van der Waals surface area (Å²) >= 11 is 0. The predicted molar refractivity (Wildman–Crippen MR) is 67.1 cm³/mol. The Kier molecular flexibility index (Phi) is 4.40. The summed E-state index contributed by atoms with van der Waals surface area (Å²) in [5.41, 5.74) is 0. The molecule has 2 aliphatic rings. The number of carboxylic acids is 1. The first-order chi connectivity index (χ1) is 8.22. The van der Waals surface area contributed by atoms with Crippen LogP contribution in [0.15, 0.2) is 0 Å². The number of nitrogens with zero attached hydrogens (tertiary/aromatic N) is 2. The molecule has 0 aromatic heterocycles. The fourth-order valence-corrected chi connectivity index (χ4v) is 3.26. The van der Waals surface area contributed by atoms with Crippen molar-refractivity contribution >= 4 is 5.97 Å². The molecule has 2 saturated heterocycles. The molecule has 98 valence electrons. The van der Waals surface area contributed by atoms with E-state index < -0.39 is 5.97 Å². The Labute approximate surface area is 104 Å². The van der Waals surface area contributed by atoms with Gasteiger partial charge in [-0.1, -0.05) is 6.92 Å². The number of aliphatic carboxylic acids is 1. The van der Waals surface area contributed by atoms with Crippen LogP contribution in [0.2, 0.25) is 0 Å². The third kappa shape index (κ3) is 2.99. The number of hydrogen-bond donors (Lipinski definition) is 1. The van der Waals surface area contributed by atoms with Crippen molar-refractivity contribution in [3.8, 4) is 0 Å². The van der Waals surface area contributed by atoms with Gasteiger partial charge >= 0.3 is 5.97 Å². The largest absolute Gasteiger partial charge is 0.480 e. The van der Waals surface area contributed by atoms with Crippen molar-refractivity contribution in [3.63, 3.8) is 0 Å². The Balaban J connectivity index is 1.82. The summed E-state index contributed by atoms with van der Waals surface area (Å²) in [4.78, 5) is 15.9. The van der Waals surface area contributed by atoms with Crippen LogP contribution in [0.4, 0.5) is 0 Å². The van der Waals surface area contributed by atoms with Crippen molar-refractivity contribution in [1.29, 1.82) is 0 Å². The molecule has 2 fully saturated rings. The van der Waals surface area contributed by atoms with Gasteiger partial charge in [-0.25, -0.2) is 0 Å². The van der Waals surface area contributed by atoms with E-state index in [1.54, 1.807) is 0 Å². The molecule has 4 heteroatoms. The lowest BCUT2D eigenvalue weighted by molar-refractivity contribution is -0.144. The Morgan fingerprint density at radius 2 is 1.82 bits per heavy atom. The lowest BCUT2D eigenvalue weighted by Crippen LogP contribution is -2.49. The molecule has 4 nitrogen and oxygen atoms in total. The number of piperidine rings is 1. The van der Waals surface area contributed by atoms with Crippen LogP contribution in [-0.2, 0) is 4.79 Å². The van der Waals surface area contributed by atoms with E-state index in [2.05, 4.69) is 9.80 Å². The van der Waals surface area contributed by atoms with E-state index in [1.165, 1.54) is 25.9 Å². The Morgan fingerprint density at radius 1 is 1.24 bits per heavy atom. The zero-order valence-electron chi connectivity index (χ0n) is 10.8. The van der Waals surface area contributed by atoms with Gasteiger partial charge < -0.3 is 10.0 Å². The molecule has 2 rings (SSSR count). The Hall–Kier alpha value is -0.610. The second kappa shape index (κ2) is 5.83. The molecule has 2 aliphatic heterocycles. The van der Waals surface area contributed by atoms with E-state index in [4.69, 9.17) is 5.11 Å². The van der Waals surface area contributed by atoms with Crippen molar-refractivity contribution in [2.45, 2.75) is 51.1 Å². The fourth-order valence-electron chi connectivity index (χ4n) is 3.26. The molecule has 1 unspecified atom stereocenters. The molecule has 2 heterocycles. The van der Waals surface area contributed by atoms with Gasteiger partial charge in [0.05, 0.1) is 0 Å². The van der Waals surface area contributed by atoms with Crippen LogP contribution in [0.5, 0.6) is 0 Å². The highest BCUT2D eigenvalue weighted by Gasteiger charge is 2.31. The maximum atomic E-state index is 11.1. The summed E-state index contributed by atoms with van der Waals surface area (Å²) < 4.78 is 0. The van der Waals surface area contributed by atoms with Crippen molar-refractivity contribution < 1.29 is 9.90 Å². The zero-order chi connectivity index (χ0) is 12.3. The van der Waals surface area contributed by atoms with Crippen LogP contribution in [-0.4, -0.2) is 59.1 Å². The number of carbonyl (C=O) groups is 1. The number of rotatable bonds is 4. The van der Waals surface area contributed by atoms with Gasteiger partial charge in [0, 0.05) is 19.1 Å². The van der Waals surface area contributed by atoms with Gasteiger partial charge in [0.15, 0.2) is 0 Å². The molecule has 0 amide bonds. The minimum atomic E-state index is -0.660. The first kappa shape index (κ1) is 12.8. The second-order valence-corrected chi connectivity index (χ2v) is 5.27. The molecule has 0 aromatic rings. The summed E-state index contributed by atoms with van der Waals surface area (Å²) in [6.45, 7) is 6.37. The van der Waals surface area contributed by atoms with Crippen LogP contribution in [0, 0.1) is 0 Å². The quantitative estimate of drug-likeness (QED) is 0.807. The van der Waals surface area contributed by atoms with Gasteiger partial charge in [0.2, 0.25) is 0 Å². The smallest absolute Gasteiger partial charge is 0.320 e. The summed E-state index contributed by atoms with van der Waals surface area (Å²) in [5, 5.41) is 9.15. The molecule has 0 bridgehead atoms. The topological polar surface area (TPSA) is 43.8 Å². The molecule has 1 N–H and O–H groups in total. The maximum Gasteiger partial charge on any atom is 0.320 e. The lowest BCUT2D eigenvalue weighted by Gasteiger charge is -2.38. The van der Waals surface area contributed by atoms with Gasteiger partial charge in [-0.15, -0.1) is 0 Å². The molecule has 0 aromatic carbocycles. The van der Waals surface area contributed by atoms with Crippen LogP contribution in [0.25, 0.3) is 0 Å². The standard InChI is InChI=1S/C13H24N2O2/c1-2-12(13(16)17)15-9-5-11(6-10-15)14-7-3-4-8-14/h11-12H,2-10H2,1H3,(H,16,17). The number of carboxylic acid groups (broad SMARTS) is 1. The van der Waals surface area contributed by atoms with Crippen LogP contribution < -0.4 is 0 Å². The Morgan fingerprint density at radius 3 is 2.29 bits per heavy atom. The summed E-state index contributed by atoms with van der Waals surface area (Å²) in [7, 11) is 0. The third-order valence-corrected chi connectivity index (χ3v) is 4.27. The van der Waals surface area contributed by atoms with E-state index in [0.29, 0.717) is 12.5 Å². The number of likely N-dealkylation sites (tertiary alicyclic amines) is 2.